The number of rotatable bonds is 1. The third-order valence-corrected chi connectivity index (χ3v) is 9.71. The fourth-order valence-corrected chi connectivity index (χ4v) is 9.36. The Labute approximate surface area is 115 Å². The van der Waals surface area contributed by atoms with Crippen molar-refractivity contribution in [2.24, 2.45) is 0 Å². The molecule has 0 spiro atoms. The summed E-state index contributed by atoms with van der Waals surface area (Å²) in [5.41, 5.74) is 2.23. The van der Waals surface area contributed by atoms with Crippen molar-refractivity contribution in [1.29, 1.82) is 0 Å². The summed E-state index contributed by atoms with van der Waals surface area (Å²) in [4.78, 5) is 2.00. The van der Waals surface area contributed by atoms with Gasteiger partial charge in [0.2, 0.25) is 0 Å². The molecule has 1 heterocycles. The van der Waals surface area contributed by atoms with E-state index in [-0.39, 0.29) is 15.2 Å². The standard InChI is InChI=1S/C14H15NOSSe/c1-10-6-3-4-8-12(10)17(16)14-11(2)7-5-9-13(14)18-15-17/h3-9,17H,1-2H3,(H,15,16). The summed E-state index contributed by atoms with van der Waals surface area (Å²) in [7, 11) is -2.61. The van der Waals surface area contributed by atoms with Crippen LogP contribution in [-0.2, 0) is 10.1 Å². The maximum atomic E-state index is 13.4. The van der Waals surface area contributed by atoms with Crippen molar-refractivity contribution in [2.45, 2.75) is 23.6 Å². The van der Waals surface area contributed by atoms with Gasteiger partial charge >= 0.3 is 115 Å². The number of benzene rings is 2. The number of hydrogen-bond acceptors (Lipinski definition) is 1. The van der Waals surface area contributed by atoms with E-state index in [9.17, 15) is 4.21 Å². The van der Waals surface area contributed by atoms with E-state index in [1.54, 1.807) is 0 Å². The zero-order chi connectivity index (χ0) is 12.8. The van der Waals surface area contributed by atoms with Crippen LogP contribution in [0.3, 0.4) is 0 Å². The second-order valence-electron chi connectivity index (χ2n) is 4.51. The average Bonchev–Trinajstić information content (AvgIpc) is 2.70. The molecule has 2 aromatic carbocycles. The van der Waals surface area contributed by atoms with Crippen LogP contribution in [0.1, 0.15) is 11.1 Å². The molecule has 2 aromatic rings. The molecule has 1 aliphatic rings. The predicted molar refractivity (Wildman–Crippen MR) is 77.0 cm³/mol. The molecule has 0 aliphatic carbocycles. The van der Waals surface area contributed by atoms with E-state index < -0.39 is 10.1 Å². The first kappa shape index (κ1) is 12.1. The van der Waals surface area contributed by atoms with Crippen LogP contribution in [0.5, 0.6) is 0 Å². The van der Waals surface area contributed by atoms with Gasteiger partial charge in [0.05, 0.1) is 0 Å². The molecule has 0 atom stereocenters. The fraction of sp³-hybridized carbons (Fsp3) is 0.143. The van der Waals surface area contributed by atoms with Gasteiger partial charge in [0, 0.05) is 0 Å². The van der Waals surface area contributed by atoms with Crippen LogP contribution in [0, 0.1) is 13.8 Å². The van der Waals surface area contributed by atoms with Crippen LogP contribution in [0.15, 0.2) is 52.3 Å². The Balaban J connectivity index is 2.28. The average molecular weight is 324 g/mol. The molecular formula is C14H15NOSSe. The molecular weight excluding hydrogens is 309 g/mol. The van der Waals surface area contributed by atoms with Gasteiger partial charge in [0.15, 0.2) is 0 Å². The molecule has 1 N–H and O–H groups in total. The molecule has 0 saturated carbocycles. The first-order valence-electron chi connectivity index (χ1n) is 5.83. The topological polar surface area (TPSA) is 29.1 Å². The summed E-state index contributed by atoms with van der Waals surface area (Å²) >= 11 is 0.110. The molecule has 0 fully saturated rings. The van der Waals surface area contributed by atoms with Crippen molar-refractivity contribution in [3.63, 3.8) is 0 Å². The normalized spacial score (nSPS) is 18.3. The zero-order valence-electron chi connectivity index (χ0n) is 10.3. The Morgan fingerprint density at radius 1 is 1.00 bits per heavy atom. The molecule has 0 radical (unpaired) electrons. The van der Waals surface area contributed by atoms with Gasteiger partial charge in [-0.1, -0.05) is 0 Å². The van der Waals surface area contributed by atoms with Crippen molar-refractivity contribution < 1.29 is 4.21 Å². The predicted octanol–water partition coefficient (Wildman–Crippen LogP) is 1.50. The van der Waals surface area contributed by atoms with Gasteiger partial charge in [0.25, 0.3) is 0 Å². The Morgan fingerprint density at radius 3 is 2.50 bits per heavy atom. The van der Waals surface area contributed by atoms with Crippen LogP contribution < -0.4 is 8.20 Å². The van der Waals surface area contributed by atoms with Crippen molar-refractivity contribution in [3.05, 3.63) is 53.6 Å². The van der Waals surface area contributed by atoms with Gasteiger partial charge in [-0.25, -0.2) is 0 Å². The Bertz CT molecular complexity index is 669. The van der Waals surface area contributed by atoms with E-state index in [0.29, 0.717) is 0 Å². The van der Waals surface area contributed by atoms with E-state index in [2.05, 4.69) is 9.80 Å². The molecule has 4 heteroatoms. The van der Waals surface area contributed by atoms with E-state index in [1.807, 2.05) is 50.2 Å². The Morgan fingerprint density at radius 2 is 1.72 bits per heavy atom. The molecule has 0 amide bonds. The quantitative estimate of drug-likeness (QED) is 0.604. The zero-order valence-corrected chi connectivity index (χ0v) is 12.9. The van der Waals surface area contributed by atoms with Crippen LogP contribution >= 0.6 is 0 Å². The fourth-order valence-electron chi connectivity index (χ4n) is 2.36. The van der Waals surface area contributed by atoms with E-state index in [0.717, 1.165) is 20.9 Å². The number of hydrogen-bond donors (Lipinski definition) is 2. The minimum atomic E-state index is -2.61. The third kappa shape index (κ3) is 1.69. The van der Waals surface area contributed by atoms with E-state index in [1.165, 1.54) is 4.46 Å². The monoisotopic (exact) mass is 325 g/mol. The van der Waals surface area contributed by atoms with Gasteiger partial charge < -0.3 is 0 Å². The number of thiol groups is 1. The first-order valence-corrected chi connectivity index (χ1v) is 9.25. The molecule has 0 saturated heterocycles. The number of nitrogens with one attached hydrogen (secondary N) is 1. The summed E-state index contributed by atoms with van der Waals surface area (Å²) in [6, 6.07) is 14.2. The second-order valence-corrected chi connectivity index (χ2v) is 9.34. The summed E-state index contributed by atoms with van der Waals surface area (Å²) in [6.45, 7) is 4.08. The Kier molecular flexibility index (Phi) is 2.91. The Hall–Kier alpha value is -0.931. The number of fused-ring (bicyclic) bond motifs is 1. The summed E-state index contributed by atoms with van der Waals surface area (Å²) in [5.74, 6) is 0. The SMILES string of the molecule is Cc1ccccc1[SH]1(=O)N[Se]c2cccc(C)c21. The van der Waals surface area contributed by atoms with Gasteiger partial charge in [0.1, 0.15) is 0 Å². The van der Waals surface area contributed by atoms with E-state index in [4.69, 9.17) is 0 Å². The van der Waals surface area contributed by atoms with Crippen molar-refractivity contribution in [3.8, 4) is 0 Å². The third-order valence-electron chi connectivity index (χ3n) is 3.25. The van der Waals surface area contributed by atoms with Crippen LogP contribution in [0.2, 0.25) is 0 Å². The molecule has 0 unspecified atom stereocenters. The molecule has 18 heavy (non-hydrogen) atoms. The minimum absolute atomic E-state index is 0.110. The molecule has 1 aliphatic heterocycles. The molecule has 0 bridgehead atoms. The van der Waals surface area contributed by atoms with Crippen molar-refractivity contribution >= 4 is 29.8 Å². The van der Waals surface area contributed by atoms with Crippen LogP contribution in [0.25, 0.3) is 0 Å². The van der Waals surface area contributed by atoms with E-state index >= 15 is 0 Å². The summed E-state index contributed by atoms with van der Waals surface area (Å²) < 4.78 is 17.9. The van der Waals surface area contributed by atoms with Crippen molar-refractivity contribution in [2.75, 3.05) is 0 Å². The number of aryl methyl sites for hydroxylation is 2. The summed E-state index contributed by atoms with van der Waals surface area (Å²) in [6.07, 6.45) is 0. The van der Waals surface area contributed by atoms with Crippen molar-refractivity contribution in [1.82, 2.24) is 3.74 Å². The van der Waals surface area contributed by atoms with Gasteiger partial charge in [-0.05, 0) is 0 Å². The van der Waals surface area contributed by atoms with Crippen LogP contribution in [0.4, 0.5) is 0 Å². The van der Waals surface area contributed by atoms with Crippen LogP contribution in [-0.4, -0.2) is 19.4 Å². The second kappa shape index (κ2) is 4.32. The molecule has 3 rings (SSSR count). The van der Waals surface area contributed by atoms with Gasteiger partial charge in [-0.2, -0.15) is 0 Å². The summed E-state index contributed by atoms with van der Waals surface area (Å²) in [5, 5.41) is 0. The first-order chi connectivity index (χ1) is 8.63. The molecule has 2 nitrogen and oxygen atoms in total. The molecule has 0 aromatic heterocycles. The van der Waals surface area contributed by atoms with Gasteiger partial charge in [-0.3, -0.25) is 0 Å². The molecule has 94 valence electrons. The van der Waals surface area contributed by atoms with Gasteiger partial charge in [-0.15, -0.1) is 0 Å². The maximum absolute atomic E-state index is 13.4.